The molecule has 3 nitrogen and oxygen atoms in total. The second kappa shape index (κ2) is 4.55. The predicted octanol–water partition coefficient (Wildman–Crippen LogP) is 2.96. The zero-order chi connectivity index (χ0) is 13.3. The molecule has 0 unspecified atom stereocenters. The van der Waals surface area contributed by atoms with Crippen LogP contribution in [0.5, 0.6) is 11.6 Å². The van der Waals surface area contributed by atoms with Crippen LogP contribution in [0.2, 0.25) is 0 Å². The van der Waals surface area contributed by atoms with Crippen molar-refractivity contribution >= 4 is 0 Å². The molecule has 1 aromatic heterocycles. The van der Waals surface area contributed by atoms with E-state index in [4.69, 9.17) is 0 Å². The summed E-state index contributed by atoms with van der Waals surface area (Å²) >= 11 is 0. The van der Waals surface area contributed by atoms with Crippen molar-refractivity contribution in [2.24, 2.45) is 0 Å². The molecule has 1 aromatic carbocycles. The molecular formula is C10H3F5N2O. The average molecular weight is 262 g/mol. The first-order valence-electron chi connectivity index (χ1n) is 4.47. The summed E-state index contributed by atoms with van der Waals surface area (Å²) in [5.41, 5.74) is 0. The molecule has 0 bridgehead atoms. The lowest BCUT2D eigenvalue weighted by Crippen LogP contribution is -2.04. The van der Waals surface area contributed by atoms with Gasteiger partial charge in [-0.1, -0.05) is 0 Å². The van der Waals surface area contributed by atoms with Crippen LogP contribution in [-0.4, -0.2) is 9.97 Å². The first kappa shape index (κ1) is 12.2. The van der Waals surface area contributed by atoms with Crippen LogP contribution in [0.3, 0.4) is 0 Å². The first-order chi connectivity index (χ1) is 8.52. The fourth-order valence-corrected chi connectivity index (χ4v) is 1.12. The molecule has 0 N–H and O–H groups in total. The zero-order valence-electron chi connectivity index (χ0n) is 8.42. The highest BCUT2D eigenvalue weighted by Gasteiger charge is 2.27. The quantitative estimate of drug-likeness (QED) is 0.474. The van der Waals surface area contributed by atoms with Crippen LogP contribution in [0.4, 0.5) is 22.0 Å². The molecule has 18 heavy (non-hydrogen) atoms. The van der Waals surface area contributed by atoms with E-state index >= 15 is 0 Å². The molecule has 0 saturated heterocycles. The monoisotopic (exact) mass is 262 g/mol. The molecule has 0 aliphatic heterocycles. The number of nitrogens with zero attached hydrogens (tertiary/aromatic N) is 2. The fraction of sp³-hybridized carbons (Fsp3) is 0. The molecule has 0 spiro atoms. The molecule has 0 radical (unpaired) electrons. The van der Waals surface area contributed by atoms with Gasteiger partial charge in [0.05, 0.1) is 0 Å². The smallest absolute Gasteiger partial charge is 0.222 e. The normalized spacial score (nSPS) is 10.5. The number of rotatable bonds is 2. The van der Waals surface area contributed by atoms with E-state index in [-0.39, 0.29) is 5.88 Å². The maximum absolute atomic E-state index is 13.2. The minimum absolute atomic E-state index is 0.354. The van der Waals surface area contributed by atoms with E-state index in [1.165, 1.54) is 6.20 Å². The van der Waals surface area contributed by atoms with E-state index < -0.39 is 34.8 Å². The van der Waals surface area contributed by atoms with Gasteiger partial charge in [0.25, 0.3) is 0 Å². The Morgan fingerprint density at radius 1 is 0.833 bits per heavy atom. The minimum atomic E-state index is -2.25. The van der Waals surface area contributed by atoms with Crippen LogP contribution in [0, 0.1) is 29.1 Å². The van der Waals surface area contributed by atoms with E-state index in [1.807, 2.05) is 0 Å². The highest BCUT2D eigenvalue weighted by atomic mass is 19.2. The summed E-state index contributed by atoms with van der Waals surface area (Å²) < 4.78 is 69.3. The van der Waals surface area contributed by atoms with Crippen LogP contribution in [0.1, 0.15) is 0 Å². The summed E-state index contributed by atoms with van der Waals surface area (Å²) in [7, 11) is 0. The van der Waals surface area contributed by atoms with Crippen molar-refractivity contribution in [2.45, 2.75) is 0 Å². The molecule has 2 aromatic rings. The fourth-order valence-electron chi connectivity index (χ4n) is 1.12. The number of benzene rings is 1. The van der Waals surface area contributed by atoms with Crippen molar-refractivity contribution in [1.82, 2.24) is 9.97 Å². The second-order valence-corrected chi connectivity index (χ2v) is 3.05. The largest absolute Gasteiger partial charge is 0.432 e. The molecule has 0 aliphatic rings. The van der Waals surface area contributed by atoms with Gasteiger partial charge in [-0.25, -0.2) is 23.1 Å². The standard InChI is InChI=1S/C10H3F5N2O/c11-5-6(12)8(14)10(9(15)7(5)13)18-4-1-2-16-3-17-4/h1-3H. The van der Waals surface area contributed by atoms with E-state index in [1.54, 1.807) is 0 Å². The van der Waals surface area contributed by atoms with Crippen LogP contribution >= 0.6 is 0 Å². The summed E-state index contributed by atoms with van der Waals surface area (Å²) in [5.74, 6) is -12.3. The van der Waals surface area contributed by atoms with Crippen molar-refractivity contribution in [2.75, 3.05) is 0 Å². The molecular weight excluding hydrogens is 259 g/mol. The van der Waals surface area contributed by atoms with Gasteiger partial charge in [0.2, 0.25) is 40.7 Å². The Hall–Kier alpha value is -2.25. The van der Waals surface area contributed by atoms with Gasteiger partial charge < -0.3 is 4.74 Å². The third kappa shape index (κ3) is 1.96. The van der Waals surface area contributed by atoms with Crippen molar-refractivity contribution in [3.05, 3.63) is 47.7 Å². The summed E-state index contributed by atoms with van der Waals surface area (Å²) in [6.07, 6.45) is 2.16. The van der Waals surface area contributed by atoms with Crippen LogP contribution in [0.25, 0.3) is 0 Å². The maximum Gasteiger partial charge on any atom is 0.222 e. The Morgan fingerprint density at radius 2 is 1.39 bits per heavy atom. The van der Waals surface area contributed by atoms with Crippen LogP contribution in [0.15, 0.2) is 18.6 Å². The molecule has 2 rings (SSSR count). The summed E-state index contributed by atoms with van der Waals surface area (Å²) in [5, 5.41) is 0. The third-order valence-electron chi connectivity index (χ3n) is 1.93. The Kier molecular flexibility index (Phi) is 3.09. The van der Waals surface area contributed by atoms with E-state index in [9.17, 15) is 22.0 Å². The van der Waals surface area contributed by atoms with Gasteiger partial charge in [-0.2, -0.15) is 8.78 Å². The molecule has 94 valence electrons. The molecule has 0 aliphatic carbocycles. The zero-order valence-corrected chi connectivity index (χ0v) is 8.42. The van der Waals surface area contributed by atoms with Gasteiger partial charge >= 0.3 is 0 Å². The molecule has 0 amide bonds. The van der Waals surface area contributed by atoms with Crippen molar-refractivity contribution < 1.29 is 26.7 Å². The van der Waals surface area contributed by atoms with Gasteiger partial charge in [-0.05, 0) is 0 Å². The summed E-state index contributed by atoms with van der Waals surface area (Å²) in [6, 6.07) is 1.10. The lowest BCUT2D eigenvalue weighted by atomic mass is 10.2. The van der Waals surface area contributed by atoms with Gasteiger partial charge in [0.1, 0.15) is 6.33 Å². The molecule has 8 heteroatoms. The van der Waals surface area contributed by atoms with Gasteiger partial charge in [-0.3, -0.25) is 0 Å². The lowest BCUT2D eigenvalue weighted by Gasteiger charge is -2.08. The SMILES string of the molecule is Fc1c(F)c(F)c(Oc2ccncn2)c(F)c1F. The minimum Gasteiger partial charge on any atom is -0.432 e. The van der Waals surface area contributed by atoms with E-state index in [0.717, 1.165) is 12.4 Å². The summed E-state index contributed by atoms with van der Waals surface area (Å²) in [4.78, 5) is 6.93. The number of aromatic nitrogens is 2. The number of ether oxygens (including phenoxy) is 1. The number of halogens is 5. The maximum atomic E-state index is 13.2. The van der Waals surface area contributed by atoms with Crippen molar-refractivity contribution in [3.8, 4) is 11.6 Å². The number of hydrogen-bond donors (Lipinski definition) is 0. The molecule has 0 saturated carbocycles. The first-order valence-corrected chi connectivity index (χ1v) is 4.47. The Balaban J connectivity index is 2.52. The van der Waals surface area contributed by atoms with Gasteiger partial charge in [0, 0.05) is 12.3 Å². The average Bonchev–Trinajstić information content (AvgIpc) is 2.40. The highest BCUT2D eigenvalue weighted by Crippen LogP contribution is 2.31. The second-order valence-electron chi connectivity index (χ2n) is 3.05. The number of hydrogen-bond acceptors (Lipinski definition) is 3. The Labute approximate surface area is 96.9 Å². The Bertz CT molecular complexity index is 562. The predicted molar refractivity (Wildman–Crippen MR) is 48.3 cm³/mol. The van der Waals surface area contributed by atoms with Gasteiger partial charge in [-0.15, -0.1) is 0 Å². The van der Waals surface area contributed by atoms with E-state index in [0.29, 0.717) is 0 Å². The van der Waals surface area contributed by atoms with Crippen LogP contribution < -0.4 is 4.74 Å². The third-order valence-corrected chi connectivity index (χ3v) is 1.93. The Morgan fingerprint density at radius 3 is 1.89 bits per heavy atom. The highest BCUT2D eigenvalue weighted by molar-refractivity contribution is 5.32. The van der Waals surface area contributed by atoms with Crippen LogP contribution in [-0.2, 0) is 0 Å². The topological polar surface area (TPSA) is 35.0 Å². The van der Waals surface area contributed by atoms with Crippen molar-refractivity contribution in [1.29, 1.82) is 0 Å². The van der Waals surface area contributed by atoms with E-state index in [2.05, 4.69) is 14.7 Å². The molecule has 1 heterocycles. The van der Waals surface area contributed by atoms with Gasteiger partial charge in [0.15, 0.2) is 0 Å². The summed E-state index contributed by atoms with van der Waals surface area (Å²) in [6.45, 7) is 0. The molecule has 0 atom stereocenters. The molecule has 0 fully saturated rings. The van der Waals surface area contributed by atoms with Crippen molar-refractivity contribution in [3.63, 3.8) is 0 Å². The lowest BCUT2D eigenvalue weighted by molar-refractivity contribution is 0.327.